The number of carbonyl (C=O) groups excluding carboxylic acids is 1. The fraction of sp³-hybridized carbons (Fsp3) is 0.533. The van der Waals surface area contributed by atoms with Crippen molar-refractivity contribution in [1.29, 1.82) is 0 Å². The Morgan fingerprint density at radius 2 is 1.50 bits per heavy atom. The molecular formula is C30H35F9N8O. The first-order valence-corrected chi connectivity index (χ1v) is 15.0. The van der Waals surface area contributed by atoms with Gasteiger partial charge in [0.15, 0.2) is 0 Å². The highest BCUT2D eigenvalue weighted by Crippen LogP contribution is 2.39. The number of alkyl halides is 9. The maximum atomic E-state index is 14.0. The molecule has 0 radical (unpaired) electrons. The number of hydrogen-bond acceptors (Lipinski definition) is 7. The van der Waals surface area contributed by atoms with Crippen LogP contribution in [-0.2, 0) is 43.5 Å². The molecule has 9 nitrogen and oxygen atoms in total. The number of aromatic nitrogens is 4. The average molecular weight is 695 g/mol. The third kappa shape index (κ3) is 8.37. The Labute approximate surface area is 270 Å². The van der Waals surface area contributed by atoms with Crippen LogP contribution in [0.4, 0.5) is 45.5 Å². The summed E-state index contributed by atoms with van der Waals surface area (Å²) in [5, 5.41) is 14.8. The van der Waals surface area contributed by atoms with E-state index in [1.807, 2.05) is 18.7 Å². The topological polar surface area (TPSA) is 105 Å². The van der Waals surface area contributed by atoms with Crippen molar-refractivity contribution in [3.63, 3.8) is 0 Å². The van der Waals surface area contributed by atoms with Gasteiger partial charge in [0.1, 0.15) is 5.54 Å². The lowest BCUT2D eigenvalue weighted by molar-refractivity contribution is -0.143. The van der Waals surface area contributed by atoms with Gasteiger partial charge < -0.3 is 16.0 Å². The predicted molar refractivity (Wildman–Crippen MR) is 156 cm³/mol. The number of primary amides is 1. The number of halogens is 9. The zero-order valence-corrected chi connectivity index (χ0v) is 26.3. The van der Waals surface area contributed by atoms with Crippen molar-refractivity contribution in [2.75, 3.05) is 24.5 Å². The standard InChI is InChI=1S/C30H35F9N8O/c1-4-24(46-10-8-27(9-11-46,25(40)48)41-5-2)23-7-6-20(28(31,32)33)14-19(23)17-47(26-42-44-45(3)43-26)16-18-12-21(29(34,35)36)15-22(13-18)30(37,38)39/h6-7,12-15,24,41H,4-5,8-11,16-17H2,1-3H3,(H2,40,48). The number of anilines is 1. The molecule has 0 saturated carbocycles. The number of likely N-dealkylation sites (N-methyl/N-ethyl adjacent to an activating group) is 1. The van der Waals surface area contributed by atoms with Gasteiger partial charge in [0.2, 0.25) is 5.91 Å². The number of aryl methyl sites for hydroxylation is 1. The van der Waals surface area contributed by atoms with E-state index in [1.165, 1.54) is 18.0 Å². The van der Waals surface area contributed by atoms with Gasteiger partial charge in [-0.3, -0.25) is 9.69 Å². The molecule has 1 aliphatic rings. The van der Waals surface area contributed by atoms with E-state index in [-0.39, 0.29) is 17.6 Å². The van der Waals surface area contributed by atoms with Crippen molar-refractivity contribution < 1.29 is 44.3 Å². The fourth-order valence-electron chi connectivity index (χ4n) is 6.12. The number of piperidine rings is 1. The summed E-state index contributed by atoms with van der Waals surface area (Å²) in [6.45, 7) is 3.85. The normalized spacial score (nSPS) is 16.6. The molecule has 4 rings (SSSR count). The number of likely N-dealkylation sites (tertiary alicyclic amines) is 1. The van der Waals surface area contributed by atoms with Crippen LogP contribution in [0.25, 0.3) is 0 Å². The first-order valence-electron chi connectivity index (χ1n) is 15.0. The van der Waals surface area contributed by atoms with E-state index < -0.39 is 71.4 Å². The van der Waals surface area contributed by atoms with Crippen molar-refractivity contribution in [3.05, 3.63) is 69.8 Å². The Balaban J connectivity index is 1.78. The highest BCUT2D eigenvalue weighted by Gasteiger charge is 2.41. The molecular weight excluding hydrogens is 659 g/mol. The molecule has 0 spiro atoms. The van der Waals surface area contributed by atoms with Gasteiger partial charge in [-0.15, -0.1) is 5.10 Å². The summed E-state index contributed by atoms with van der Waals surface area (Å²) < 4.78 is 124. The van der Waals surface area contributed by atoms with E-state index in [1.54, 1.807) is 0 Å². The monoisotopic (exact) mass is 694 g/mol. The molecule has 1 unspecified atom stereocenters. The number of hydrogen-bond donors (Lipinski definition) is 2. The Morgan fingerprint density at radius 3 is 1.96 bits per heavy atom. The molecule has 264 valence electrons. The van der Waals surface area contributed by atoms with Crippen LogP contribution in [-0.4, -0.2) is 56.2 Å². The molecule has 18 heteroatoms. The van der Waals surface area contributed by atoms with Crippen LogP contribution >= 0.6 is 0 Å². The van der Waals surface area contributed by atoms with Crippen molar-refractivity contribution >= 4 is 11.9 Å². The summed E-state index contributed by atoms with van der Waals surface area (Å²) in [4.78, 5) is 16.5. The highest BCUT2D eigenvalue weighted by molar-refractivity contribution is 5.84. The summed E-state index contributed by atoms with van der Waals surface area (Å²) in [5.74, 6) is -0.739. The van der Waals surface area contributed by atoms with Crippen LogP contribution in [0.1, 0.15) is 72.5 Å². The van der Waals surface area contributed by atoms with Crippen molar-refractivity contribution in [1.82, 2.24) is 30.4 Å². The van der Waals surface area contributed by atoms with E-state index in [9.17, 15) is 44.3 Å². The molecule has 3 N–H and O–H groups in total. The van der Waals surface area contributed by atoms with Gasteiger partial charge in [-0.2, -0.15) is 44.3 Å². The second kappa shape index (κ2) is 13.9. The van der Waals surface area contributed by atoms with E-state index in [4.69, 9.17) is 5.73 Å². The highest BCUT2D eigenvalue weighted by atomic mass is 19.4. The van der Waals surface area contributed by atoms with Gasteiger partial charge in [-0.1, -0.05) is 25.0 Å². The summed E-state index contributed by atoms with van der Waals surface area (Å²) in [6, 6.07) is 3.77. The Bertz CT molecular complexity index is 1550. The minimum Gasteiger partial charge on any atom is -0.368 e. The average Bonchev–Trinajstić information content (AvgIpc) is 3.43. The quantitative estimate of drug-likeness (QED) is 0.243. The minimum absolute atomic E-state index is 0.00721. The third-order valence-corrected chi connectivity index (χ3v) is 8.46. The molecule has 3 aromatic rings. The Hall–Kier alpha value is -3.93. The number of nitrogens with one attached hydrogen (secondary N) is 1. The number of tetrazole rings is 1. The first kappa shape index (κ1) is 36.9. The molecule has 48 heavy (non-hydrogen) atoms. The summed E-state index contributed by atoms with van der Waals surface area (Å²) in [7, 11) is 1.37. The molecule has 1 amide bonds. The molecule has 2 heterocycles. The summed E-state index contributed by atoms with van der Waals surface area (Å²) in [6.07, 6.45) is -13.9. The molecule has 0 bridgehead atoms. The van der Waals surface area contributed by atoms with Crippen LogP contribution in [0.3, 0.4) is 0 Å². The van der Waals surface area contributed by atoms with Crippen LogP contribution in [0, 0.1) is 0 Å². The van der Waals surface area contributed by atoms with E-state index in [0.717, 1.165) is 16.9 Å². The number of nitrogens with two attached hydrogens (primary N) is 1. The number of amides is 1. The largest absolute Gasteiger partial charge is 0.416 e. The van der Waals surface area contributed by atoms with Crippen LogP contribution < -0.4 is 16.0 Å². The van der Waals surface area contributed by atoms with E-state index in [0.29, 0.717) is 56.6 Å². The summed E-state index contributed by atoms with van der Waals surface area (Å²) in [5.41, 5.74) is 0.806. The van der Waals surface area contributed by atoms with Gasteiger partial charge in [0.25, 0.3) is 5.95 Å². The maximum absolute atomic E-state index is 14.0. The second-order valence-corrected chi connectivity index (χ2v) is 11.7. The molecule has 2 aromatic carbocycles. The molecule has 1 aromatic heterocycles. The maximum Gasteiger partial charge on any atom is 0.416 e. The second-order valence-electron chi connectivity index (χ2n) is 11.7. The molecule has 1 aliphatic heterocycles. The van der Waals surface area contributed by atoms with Crippen LogP contribution in [0.15, 0.2) is 36.4 Å². The Kier molecular flexibility index (Phi) is 10.7. The lowest BCUT2D eigenvalue weighted by Crippen LogP contribution is -2.61. The zero-order chi connectivity index (χ0) is 35.7. The summed E-state index contributed by atoms with van der Waals surface area (Å²) >= 11 is 0. The van der Waals surface area contributed by atoms with Gasteiger partial charge in [-0.05, 0) is 78.0 Å². The van der Waals surface area contributed by atoms with Gasteiger partial charge in [-0.25, -0.2) is 0 Å². The predicted octanol–water partition coefficient (Wildman–Crippen LogP) is 5.85. The van der Waals surface area contributed by atoms with Crippen LogP contribution in [0.5, 0.6) is 0 Å². The third-order valence-electron chi connectivity index (χ3n) is 8.46. The SMILES string of the molecule is CCNC1(C(N)=O)CCN(C(CC)c2ccc(C(F)(F)F)cc2CN(Cc2cc(C(F)(F)F)cc(C(F)(F)F)c2)c2nnn(C)n2)CC1. The minimum atomic E-state index is -5.11. The molecule has 0 aliphatic carbocycles. The van der Waals surface area contributed by atoms with Crippen molar-refractivity contribution in [2.24, 2.45) is 12.8 Å². The van der Waals surface area contributed by atoms with Gasteiger partial charge in [0.05, 0.1) is 23.7 Å². The number of rotatable bonds is 11. The van der Waals surface area contributed by atoms with Crippen molar-refractivity contribution in [2.45, 2.75) is 76.3 Å². The Morgan fingerprint density at radius 1 is 0.917 bits per heavy atom. The first-order chi connectivity index (χ1) is 22.3. The lowest BCUT2D eigenvalue weighted by atomic mass is 9.84. The molecule has 1 atom stereocenters. The molecule has 1 fully saturated rings. The smallest absolute Gasteiger partial charge is 0.368 e. The van der Waals surface area contributed by atoms with Gasteiger partial charge in [0, 0.05) is 32.2 Å². The van der Waals surface area contributed by atoms with E-state index >= 15 is 0 Å². The van der Waals surface area contributed by atoms with Crippen LogP contribution in [0.2, 0.25) is 0 Å². The van der Waals surface area contributed by atoms with E-state index in [2.05, 4.69) is 20.7 Å². The number of benzene rings is 2. The number of nitrogens with zero attached hydrogens (tertiary/aromatic N) is 6. The lowest BCUT2D eigenvalue weighted by Gasteiger charge is -2.43. The fourth-order valence-corrected chi connectivity index (χ4v) is 6.12. The number of carbonyl (C=O) groups is 1. The van der Waals surface area contributed by atoms with Gasteiger partial charge >= 0.3 is 18.5 Å². The van der Waals surface area contributed by atoms with Crippen molar-refractivity contribution in [3.8, 4) is 0 Å². The zero-order valence-electron chi connectivity index (χ0n) is 26.3. The molecule has 1 saturated heterocycles.